The van der Waals surface area contributed by atoms with Gasteiger partial charge in [-0.25, -0.2) is 4.98 Å². The molecule has 0 amide bonds. The number of nitrogens with zero attached hydrogens (tertiary/aromatic N) is 2. The summed E-state index contributed by atoms with van der Waals surface area (Å²) < 4.78 is 5.36. The Morgan fingerprint density at radius 2 is 2.21 bits per heavy atom. The van der Waals surface area contributed by atoms with Gasteiger partial charge in [-0.1, -0.05) is 6.92 Å². The van der Waals surface area contributed by atoms with Crippen molar-refractivity contribution < 1.29 is 4.74 Å². The van der Waals surface area contributed by atoms with Crippen LogP contribution in [0.25, 0.3) is 0 Å². The molecular formula is C13H18N4OS. The van der Waals surface area contributed by atoms with Crippen molar-refractivity contribution in [2.75, 3.05) is 17.7 Å². The van der Waals surface area contributed by atoms with Crippen LogP contribution in [0.3, 0.4) is 0 Å². The van der Waals surface area contributed by atoms with Crippen LogP contribution in [0.15, 0.2) is 18.3 Å². The van der Waals surface area contributed by atoms with E-state index in [-0.39, 0.29) is 0 Å². The van der Waals surface area contributed by atoms with Gasteiger partial charge in [0.05, 0.1) is 18.8 Å². The molecule has 5 nitrogen and oxygen atoms in total. The number of aryl methyl sites for hydroxylation is 1. The standard InChI is InChI=1S/C13H18N4OS/c1-3-9-7-16-12(19-9)8-15-11-6-5-10(14)13(17-11)18-4-2/h5-7H,3-4,8,14H2,1-2H3,(H,15,17). The number of hydrogen-bond donors (Lipinski definition) is 2. The molecule has 3 N–H and O–H groups in total. The molecule has 0 radical (unpaired) electrons. The molecule has 0 aliphatic heterocycles. The smallest absolute Gasteiger partial charge is 0.239 e. The molecule has 2 aromatic rings. The van der Waals surface area contributed by atoms with E-state index < -0.39 is 0 Å². The normalized spacial score (nSPS) is 10.4. The number of ether oxygens (including phenoxy) is 1. The largest absolute Gasteiger partial charge is 0.476 e. The third-order valence-corrected chi connectivity index (χ3v) is 3.68. The number of thiazole rings is 1. The van der Waals surface area contributed by atoms with Gasteiger partial charge in [-0.2, -0.15) is 4.98 Å². The minimum absolute atomic E-state index is 0.473. The highest BCUT2D eigenvalue weighted by Gasteiger charge is 2.05. The number of anilines is 2. The summed E-state index contributed by atoms with van der Waals surface area (Å²) in [5, 5.41) is 4.28. The van der Waals surface area contributed by atoms with Crippen LogP contribution in [0.4, 0.5) is 11.5 Å². The van der Waals surface area contributed by atoms with Crippen molar-refractivity contribution in [1.82, 2.24) is 9.97 Å². The zero-order chi connectivity index (χ0) is 13.7. The van der Waals surface area contributed by atoms with Crippen LogP contribution < -0.4 is 15.8 Å². The van der Waals surface area contributed by atoms with Crippen LogP contribution >= 0.6 is 11.3 Å². The van der Waals surface area contributed by atoms with Gasteiger partial charge in [0.25, 0.3) is 0 Å². The predicted molar refractivity (Wildman–Crippen MR) is 78.6 cm³/mol. The SMILES string of the molecule is CCOc1nc(NCc2ncc(CC)s2)ccc1N. The van der Waals surface area contributed by atoms with Crippen molar-refractivity contribution in [3.63, 3.8) is 0 Å². The summed E-state index contributed by atoms with van der Waals surface area (Å²) in [7, 11) is 0. The molecule has 6 heteroatoms. The Kier molecular flexibility index (Phi) is 4.57. The van der Waals surface area contributed by atoms with Crippen LogP contribution in [-0.2, 0) is 13.0 Å². The molecule has 2 aromatic heterocycles. The fraction of sp³-hybridized carbons (Fsp3) is 0.385. The Morgan fingerprint density at radius 3 is 2.89 bits per heavy atom. The van der Waals surface area contributed by atoms with Crippen molar-refractivity contribution in [3.8, 4) is 5.88 Å². The highest BCUT2D eigenvalue weighted by molar-refractivity contribution is 7.11. The minimum atomic E-state index is 0.473. The van der Waals surface area contributed by atoms with Crippen molar-refractivity contribution in [2.45, 2.75) is 26.8 Å². The van der Waals surface area contributed by atoms with Gasteiger partial charge in [0.2, 0.25) is 5.88 Å². The molecule has 0 atom stereocenters. The molecule has 0 aliphatic carbocycles. The average Bonchev–Trinajstić information content (AvgIpc) is 2.88. The number of hydrogen-bond acceptors (Lipinski definition) is 6. The maximum atomic E-state index is 5.78. The molecule has 19 heavy (non-hydrogen) atoms. The Bertz CT molecular complexity index is 541. The third-order valence-electron chi connectivity index (χ3n) is 2.54. The van der Waals surface area contributed by atoms with Crippen LogP contribution in [0, 0.1) is 0 Å². The molecule has 0 bridgehead atoms. The number of nitrogens with one attached hydrogen (secondary N) is 1. The first-order valence-electron chi connectivity index (χ1n) is 6.29. The van der Waals surface area contributed by atoms with E-state index in [1.165, 1.54) is 4.88 Å². The topological polar surface area (TPSA) is 73.1 Å². The lowest BCUT2D eigenvalue weighted by Gasteiger charge is -2.08. The summed E-state index contributed by atoms with van der Waals surface area (Å²) in [4.78, 5) is 9.96. The number of nitrogens with two attached hydrogens (primary N) is 1. The Morgan fingerprint density at radius 1 is 1.37 bits per heavy atom. The summed E-state index contributed by atoms with van der Waals surface area (Å²) in [5.41, 5.74) is 6.33. The lowest BCUT2D eigenvalue weighted by molar-refractivity contribution is 0.329. The first-order valence-corrected chi connectivity index (χ1v) is 7.11. The molecule has 0 unspecified atom stereocenters. The molecule has 0 aliphatic rings. The zero-order valence-corrected chi connectivity index (χ0v) is 12.0. The van der Waals surface area contributed by atoms with Gasteiger partial charge in [0, 0.05) is 11.1 Å². The molecule has 102 valence electrons. The first-order chi connectivity index (χ1) is 9.22. The summed E-state index contributed by atoms with van der Waals surface area (Å²) in [6.45, 7) is 5.24. The highest BCUT2D eigenvalue weighted by atomic mass is 32.1. The lowest BCUT2D eigenvalue weighted by Crippen LogP contribution is -2.04. The van der Waals surface area contributed by atoms with E-state index in [1.807, 2.05) is 19.2 Å². The summed E-state index contributed by atoms with van der Waals surface area (Å²) in [5.74, 6) is 1.21. The average molecular weight is 278 g/mol. The van der Waals surface area contributed by atoms with E-state index in [2.05, 4.69) is 22.2 Å². The van der Waals surface area contributed by atoms with Crippen molar-refractivity contribution in [3.05, 3.63) is 28.2 Å². The van der Waals surface area contributed by atoms with Crippen LogP contribution in [0.2, 0.25) is 0 Å². The molecular weight excluding hydrogens is 260 g/mol. The number of rotatable bonds is 6. The molecule has 0 spiro atoms. The van der Waals surface area contributed by atoms with Gasteiger partial charge >= 0.3 is 0 Å². The number of nitrogen functional groups attached to an aromatic ring is 1. The number of aromatic nitrogens is 2. The molecule has 2 heterocycles. The molecule has 0 aromatic carbocycles. The molecule has 0 saturated heterocycles. The van der Waals surface area contributed by atoms with Crippen molar-refractivity contribution in [1.29, 1.82) is 0 Å². The van der Waals surface area contributed by atoms with Gasteiger partial charge in [0.1, 0.15) is 10.8 Å². The minimum Gasteiger partial charge on any atom is -0.476 e. The van der Waals surface area contributed by atoms with Crippen LogP contribution in [0.1, 0.15) is 23.7 Å². The van der Waals surface area contributed by atoms with E-state index in [1.54, 1.807) is 17.4 Å². The maximum absolute atomic E-state index is 5.78. The fourth-order valence-corrected chi connectivity index (χ4v) is 2.36. The van der Waals surface area contributed by atoms with Gasteiger partial charge in [-0.05, 0) is 25.5 Å². The number of pyridine rings is 1. The van der Waals surface area contributed by atoms with Gasteiger partial charge in [-0.15, -0.1) is 11.3 Å². The highest BCUT2D eigenvalue weighted by Crippen LogP contribution is 2.21. The van der Waals surface area contributed by atoms with Crippen LogP contribution in [-0.4, -0.2) is 16.6 Å². The Labute approximate surface area is 116 Å². The monoisotopic (exact) mass is 278 g/mol. The van der Waals surface area contributed by atoms with Crippen molar-refractivity contribution in [2.24, 2.45) is 0 Å². The van der Waals surface area contributed by atoms with Crippen molar-refractivity contribution >= 4 is 22.8 Å². The second-order valence-corrected chi connectivity index (χ2v) is 5.15. The molecule has 0 fully saturated rings. The quantitative estimate of drug-likeness (QED) is 0.850. The van der Waals surface area contributed by atoms with E-state index in [4.69, 9.17) is 10.5 Å². The van der Waals surface area contributed by atoms with E-state index >= 15 is 0 Å². The Hall–Kier alpha value is -1.82. The molecule has 0 saturated carbocycles. The fourth-order valence-electron chi connectivity index (χ4n) is 1.56. The van der Waals surface area contributed by atoms with Gasteiger partial charge in [0.15, 0.2) is 0 Å². The van der Waals surface area contributed by atoms with Gasteiger partial charge < -0.3 is 15.8 Å². The molecule has 2 rings (SSSR count). The van der Waals surface area contributed by atoms with E-state index in [0.717, 1.165) is 17.2 Å². The lowest BCUT2D eigenvalue weighted by atomic mass is 10.4. The second-order valence-electron chi connectivity index (χ2n) is 3.95. The third kappa shape index (κ3) is 3.57. The van der Waals surface area contributed by atoms with Crippen LogP contribution in [0.5, 0.6) is 5.88 Å². The summed E-state index contributed by atoms with van der Waals surface area (Å²) >= 11 is 1.71. The maximum Gasteiger partial charge on any atom is 0.239 e. The first kappa shape index (κ1) is 13.6. The summed E-state index contributed by atoms with van der Waals surface area (Å²) in [6.07, 6.45) is 2.94. The van der Waals surface area contributed by atoms with E-state index in [0.29, 0.717) is 24.7 Å². The zero-order valence-electron chi connectivity index (χ0n) is 11.1. The van der Waals surface area contributed by atoms with E-state index in [9.17, 15) is 0 Å². The van der Waals surface area contributed by atoms with Gasteiger partial charge in [-0.3, -0.25) is 0 Å². The predicted octanol–water partition coefficient (Wildman–Crippen LogP) is 2.69. The Balaban J connectivity index is 2.00. The summed E-state index contributed by atoms with van der Waals surface area (Å²) in [6, 6.07) is 3.63. The second kappa shape index (κ2) is 6.38.